The fraction of sp³-hybridized carbons (Fsp3) is 0. The van der Waals surface area contributed by atoms with Crippen molar-refractivity contribution in [1.29, 1.82) is 0 Å². The summed E-state index contributed by atoms with van der Waals surface area (Å²) >= 11 is 0. The molecule has 0 aliphatic carbocycles. The minimum Gasteiger partial charge on any atom is -0.309 e. The third kappa shape index (κ3) is 10.7. The first-order valence-corrected chi connectivity index (χ1v) is 42.0. The summed E-state index contributed by atoms with van der Waals surface area (Å²) in [6, 6.07) is 164. The number of para-hydroxylation sites is 6. The van der Waals surface area contributed by atoms with Crippen LogP contribution in [0.25, 0.3) is 231 Å². The highest BCUT2D eigenvalue weighted by atomic mass is 15.0. The summed E-state index contributed by atoms with van der Waals surface area (Å²) in [7, 11) is 0. The molecule has 0 aliphatic heterocycles. The molecule has 568 valence electrons. The number of aromatic nitrogens is 6. The Kier molecular flexibility index (Phi) is 15.6. The highest BCUT2D eigenvalue weighted by molar-refractivity contribution is 6.30. The Bertz CT molecular complexity index is 8700. The lowest BCUT2D eigenvalue weighted by Crippen LogP contribution is -1.95. The normalized spacial score (nSPS) is 11.9. The van der Waals surface area contributed by atoms with Crippen LogP contribution in [0, 0.1) is 0 Å². The quantitative estimate of drug-likeness (QED) is 0.131. The van der Waals surface area contributed by atoms with Crippen molar-refractivity contribution in [2.45, 2.75) is 0 Å². The van der Waals surface area contributed by atoms with Gasteiger partial charge in [-0.25, -0.2) is 0 Å². The third-order valence-corrected chi connectivity index (χ3v) is 25.6. The van der Waals surface area contributed by atoms with Gasteiger partial charge in [0.05, 0.1) is 77.6 Å². The summed E-state index contributed by atoms with van der Waals surface area (Å²) in [6.45, 7) is 0. The van der Waals surface area contributed by atoms with Crippen LogP contribution in [0.1, 0.15) is 0 Å². The number of hydrogen-bond donors (Lipinski definition) is 0. The van der Waals surface area contributed by atoms with Gasteiger partial charge in [0.15, 0.2) is 0 Å². The minimum atomic E-state index is 1.14. The van der Waals surface area contributed by atoms with Crippen LogP contribution in [0.5, 0.6) is 0 Å². The molecule has 0 spiro atoms. The summed E-state index contributed by atoms with van der Waals surface area (Å²) in [6.07, 6.45) is 0. The van der Waals surface area contributed by atoms with Crippen molar-refractivity contribution >= 4 is 152 Å². The minimum absolute atomic E-state index is 1.14. The predicted molar refractivity (Wildman–Crippen MR) is 516 cm³/mol. The summed E-state index contributed by atoms with van der Waals surface area (Å²) < 4.78 is 14.7. The van der Waals surface area contributed by atoms with Crippen molar-refractivity contribution in [1.82, 2.24) is 27.4 Å². The molecule has 26 rings (SSSR count). The average molecular weight is 1550 g/mol. The van der Waals surface area contributed by atoms with E-state index in [4.69, 9.17) is 0 Å². The highest BCUT2D eigenvalue weighted by Gasteiger charge is 2.26. The van der Waals surface area contributed by atoms with Gasteiger partial charge in [-0.2, -0.15) is 0 Å². The number of hydrogen-bond acceptors (Lipinski definition) is 0. The van der Waals surface area contributed by atoms with Crippen molar-refractivity contribution in [3.8, 4) is 78.6 Å². The van der Waals surface area contributed by atoms with Crippen molar-refractivity contribution < 1.29 is 0 Å². The number of fused-ring (bicyclic) bond motifs is 22. The monoisotopic (exact) mass is 1550 g/mol. The van der Waals surface area contributed by atoms with E-state index >= 15 is 0 Å². The molecule has 0 radical (unpaired) electrons. The van der Waals surface area contributed by atoms with Crippen LogP contribution in [-0.4, -0.2) is 27.4 Å². The molecular weight excluding hydrogens is 1480 g/mol. The molecule has 0 bridgehead atoms. The summed E-state index contributed by atoms with van der Waals surface area (Å²) in [4.78, 5) is 0. The van der Waals surface area contributed by atoms with Gasteiger partial charge in [-0.1, -0.05) is 297 Å². The molecule has 0 aliphatic rings. The van der Waals surface area contributed by atoms with E-state index in [1.807, 2.05) is 0 Å². The molecule has 0 atom stereocenters. The van der Waals surface area contributed by atoms with Gasteiger partial charge < -0.3 is 27.4 Å². The number of rotatable bonds is 10. The Morgan fingerprint density at radius 3 is 0.844 bits per heavy atom. The molecule has 0 amide bonds. The SMILES string of the molecule is c1ccc(-c2ccc(-n3c4ccc(-c5ccc6c(c5)c5ccccc5n6-c5cccc6ccccc56)cc4c4c3ccc3c5ccccc5n(-c5ccccc5)c34)cc2)cc1.c1ccc(-c2ccc(-n3c4ccc(-c5ccc6c(c5)c5ccccc5n6-c5cccc6ccccc56)cc4c4c5c6ccccc6n(-c6ccccc6)c5ccc43)cc2)cc1. The molecule has 6 heterocycles. The van der Waals surface area contributed by atoms with E-state index < -0.39 is 0 Å². The van der Waals surface area contributed by atoms with Gasteiger partial charge in [0.2, 0.25) is 0 Å². The molecule has 20 aromatic carbocycles. The zero-order chi connectivity index (χ0) is 80.0. The molecule has 26 aromatic rings. The van der Waals surface area contributed by atoms with Crippen LogP contribution >= 0.6 is 0 Å². The zero-order valence-electron chi connectivity index (χ0n) is 66.4. The van der Waals surface area contributed by atoms with Crippen LogP contribution in [0.2, 0.25) is 0 Å². The van der Waals surface area contributed by atoms with Crippen LogP contribution in [0.4, 0.5) is 0 Å². The molecule has 6 heteroatoms. The lowest BCUT2D eigenvalue weighted by Gasteiger charge is -2.12. The zero-order valence-corrected chi connectivity index (χ0v) is 66.4. The molecule has 6 nitrogen and oxygen atoms in total. The first-order valence-electron chi connectivity index (χ1n) is 42.0. The van der Waals surface area contributed by atoms with E-state index in [1.54, 1.807) is 0 Å². The Labute approximate surface area is 702 Å². The van der Waals surface area contributed by atoms with Gasteiger partial charge in [-0.05, 0) is 207 Å². The van der Waals surface area contributed by atoms with Crippen molar-refractivity contribution in [2.75, 3.05) is 0 Å². The second kappa shape index (κ2) is 27.7. The summed E-state index contributed by atoms with van der Waals surface area (Å²) in [5, 5.41) is 19.9. The van der Waals surface area contributed by atoms with E-state index in [1.165, 1.54) is 208 Å². The first-order chi connectivity index (χ1) is 60.6. The van der Waals surface area contributed by atoms with E-state index in [-0.39, 0.29) is 0 Å². The Hall–Kier alpha value is -16.3. The molecule has 0 unspecified atom stereocenters. The van der Waals surface area contributed by atoms with E-state index in [9.17, 15) is 0 Å². The van der Waals surface area contributed by atoms with Gasteiger partial charge >= 0.3 is 0 Å². The standard InChI is InChI=1S/2C58H37N3/c1-3-14-38(15-4-1)39-26-30-44(31-27-39)59-55-34-29-42(37-50(55)57-56(59)35-32-48-46-21-9-11-23-52(46)60(58(48)57)43-18-5-2-6-19-43)41-28-33-54-49(36-41)47-22-10-12-24-53(47)61(54)51-25-13-17-40-16-7-8-20-45(40)51;1-3-14-38(15-4-1)39-26-30-44(31-27-39)60-54-33-29-42(37-49(54)58-56(60)35-34-55-57(58)47-22-10-12-24-52(47)59(55)43-18-5-2-6-19-43)41-28-32-53-48(36-41)46-21-9-11-23-51(46)61(53)50-25-13-17-40-16-7-8-20-45(40)50/h2*1-37H. The second-order valence-electron chi connectivity index (χ2n) is 32.2. The van der Waals surface area contributed by atoms with Crippen molar-refractivity contribution in [2.24, 2.45) is 0 Å². The summed E-state index contributed by atoms with van der Waals surface area (Å²) in [5.74, 6) is 0. The van der Waals surface area contributed by atoms with Gasteiger partial charge in [0.1, 0.15) is 0 Å². The largest absolute Gasteiger partial charge is 0.309 e. The maximum Gasteiger partial charge on any atom is 0.0641 e. The van der Waals surface area contributed by atoms with Crippen molar-refractivity contribution in [3.63, 3.8) is 0 Å². The van der Waals surface area contributed by atoms with Crippen LogP contribution < -0.4 is 0 Å². The van der Waals surface area contributed by atoms with Gasteiger partial charge in [-0.3, -0.25) is 0 Å². The fourth-order valence-electron chi connectivity index (χ4n) is 20.2. The lowest BCUT2D eigenvalue weighted by molar-refractivity contribution is 1.17. The Morgan fingerprint density at radius 1 is 0.123 bits per heavy atom. The van der Waals surface area contributed by atoms with Gasteiger partial charge in [0, 0.05) is 98.2 Å². The number of nitrogens with zero attached hydrogens (tertiary/aromatic N) is 6. The maximum atomic E-state index is 2.47. The molecule has 0 N–H and O–H groups in total. The van der Waals surface area contributed by atoms with Crippen molar-refractivity contribution in [3.05, 3.63) is 449 Å². The molecule has 6 aromatic heterocycles. The molecular formula is C116H74N6. The predicted octanol–water partition coefficient (Wildman–Crippen LogP) is 30.9. The average Bonchev–Trinajstić information content (AvgIpc) is 1.55. The van der Waals surface area contributed by atoms with Gasteiger partial charge in [0.25, 0.3) is 0 Å². The molecule has 0 saturated carbocycles. The smallest absolute Gasteiger partial charge is 0.0641 e. The highest BCUT2D eigenvalue weighted by Crippen LogP contribution is 2.48. The van der Waals surface area contributed by atoms with E-state index in [0.29, 0.717) is 0 Å². The lowest BCUT2D eigenvalue weighted by atomic mass is 9.99. The second-order valence-corrected chi connectivity index (χ2v) is 32.2. The molecule has 0 fully saturated rings. The molecule has 122 heavy (non-hydrogen) atoms. The Morgan fingerprint density at radius 2 is 0.393 bits per heavy atom. The number of benzene rings is 20. The van der Waals surface area contributed by atoms with Crippen LogP contribution in [-0.2, 0) is 0 Å². The van der Waals surface area contributed by atoms with Crippen LogP contribution in [0.3, 0.4) is 0 Å². The van der Waals surface area contributed by atoms with E-state index in [0.717, 1.165) is 22.7 Å². The maximum absolute atomic E-state index is 2.47. The first kappa shape index (κ1) is 68.9. The molecule has 0 saturated heterocycles. The third-order valence-electron chi connectivity index (χ3n) is 25.6. The Balaban J connectivity index is 0.000000134. The fourth-order valence-corrected chi connectivity index (χ4v) is 20.2. The topological polar surface area (TPSA) is 29.6 Å². The van der Waals surface area contributed by atoms with Gasteiger partial charge in [-0.15, -0.1) is 0 Å². The van der Waals surface area contributed by atoms with Crippen LogP contribution in [0.15, 0.2) is 449 Å². The summed E-state index contributed by atoms with van der Waals surface area (Å²) in [5.41, 5.74) is 31.0. The van der Waals surface area contributed by atoms with E-state index in [2.05, 4.69) is 476 Å².